The molecule has 0 fully saturated rings. The van der Waals surface area contributed by atoms with Crippen LogP contribution in [-0.4, -0.2) is 44.2 Å². The maximum Gasteiger partial charge on any atom is 0.0105 e. The van der Waals surface area contributed by atoms with Gasteiger partial charge in [0.2, 0.25) is 0 Å². The van der Waals surface area contributed by atoms with E-state index < -0.39 is 0 Å². The summed E-state index contributed by atoms with van der Waals surface area (Å²) < 4.78 is 0. The summed E-state index contributed by atoms with van der Waals surface area (Å²) in [5.74, 6) is 0. The van der Waals surface area contributed by atoms with Gasteiger partial charge in [-0.3, -0.25) is 0 Å². The second-order valence-corrected chi connectivity index (χ2v) is 3.98. The van der Waals surface area contributed by atoms with Gasteiger partial charge in [0.05, 0.1) is 0 Å². The molecule has 0 bridgehead atoms. The predicted octanol–water partition coefficient (Wildman–Crippen LogP) is 0.115. The van der Waals surface area contributed by atoms with Crippen LogP contribution in [0.2, 0.25) is 0 Å². The number of unbranched alkanes of at least 4 members (excludes halogenated alkanes) is 4. The van der Waals surface area contributed by atoms with Crippen molar-refractivity contribution in [1.82, 2.24) is 4.90 Å². The van der Waals surface area contributed by atoms with E-state index in [1.165, 1.54) is 25.7 Å². The minimum atomic E-state index is 0.729. The number of nitrogens with zero attached hydrogens (tertiary/aromatic N) is 1. The lowest BCUT2D eigenvalue weighted by molar-refractivity contribution is 0.281. The highest BCUT2D eigenvalue weighted by Crippen LogP contribution is 2.03. The molecular formula is C11H28N4. The van der Waals surface area contributed by atoms with Gasteiger partial charge < -0.3 is 22.1 Å². The van der Waals surface area contributed by atoms with E-state index in [0.29, 0.717) is 0 Å². The first kappa shape index (κ1) is 14.8. The summed E-state index contributed by atoms with van der Waals surface area (Å²) in [5.41, 5.74) is 16.5. The van der Waals surface area contributed by atoms with E-state index in [0.717, 1.165) is 45.7 Å². The highest BCUT2D eigenvalue weighted by molar-refractivity contribution is 4.59. The van der Waals surface area contributed by atoms with Crippen molar-refractivity contribution in [2.75, 3.05) is 39.3 Å². The zero-order valence-corrected chi connectivity index (χ0v) is 9.96. The molecule has 0 amide bonds. The third-order valence-electron chi connectivity index (χ3n) is 2.57. The molecular weight excluding hydrogens is 188 g/mol. The fourth-order valence-corrected chi connectivity index (χ4v) is 1.71. The summed E-state index contributed by atoms with van der Waals surface area (Å²) in [6.45, 7) is 5.36. The minimum absolute atomic E-state index is 0.729. The lowest BCUT2D eigenvalue weighted by Crippen LogP contribution is -2.34. The summed E-state index contributed by atoms with van der Waals surface area (Å²) >= 11 is 0. The molecule has 0 aliphatic carbocycles. The monoisotopic (exact) mass is 216 g/mol. The highest BCUT2D eigenvalue weighted by Gasteiger charge is 2.01. The predicted molar refractivity (Wildman–Crippen MR) is 66.7 cm³/mol. The molecule has 0 atom stereocenters. The van der Waals surface area contributed by atoms with Crippen LogP contribution in [0.1, 0.15) is 32.1 Å². The molecule has 0 aliphatic heterocycles. The molecule has 0 radical (unpaired) electrons. The fourth-order valence-electron chi connectivity index (χ4n) is 1.71. The van der Waals surface area contributed by atoms with Crippen molar-refractivity contribution in [3.05, 3.63) is 0 Å². The van der Waals surface area contributed by atoms with Gasteiger partial charge in [-0.25, -0.2) is 0 Å². The smallest absolute Gasteiger partial charge is 0.0105 e. The van der Waals surface area contributed by atoms with E-state index in [-0.39, 0.29) is 0 Å². The Morgan fingerprint density at radius 3 is 1.60 bits per heavy atom. The van der Waals surface area contributed by atoms with Gasteiger partial charge in [0, 0.05) is 26.2 Å². The van der Waals surface area contributed by atoms with Gasteiger partial charge >= 0.3 is 0 Å². The molecule has 0 unspecified atom stereocenters. The Kier molecular flexibility index (Phi) is 11.8. The third-order valence-corrected chi connectivity index (χ3v) is 2.57. The van der Waals surface area contributed by atoms with Crippen LogP contribution in [-0.2, 0) is 0 Å². The van der Waals surface area contributed by atoms with Crippen LogP contribution in [0.5, 0.6) is 0 Å². The molecule has 0 heterocycles. The van der Waals surface area contributed by atoms with Gasteiger partial charge in [0.1, 0.15) is 0 Å². The molecule has 6 N–H and O–H groups in total. The summed E-state index contributed by atoms with van der Waals surface area (Å²) in [7, 11) is 0. The largest absolute Gasteiger partial charge is 0.330 e. The molecule has 0 rings (SSSR count). The zero-order valence-electron chi connectivity index (χ0n) is 9.96. The minimum Gasteiger partial charge on any atom is -0.330 e. The van der Waals surface area contributed by atoms with Crippen LogP contribution in [0.3, 0.4) is 0 Å². The maximum atomic E-state index is 5.53. The molecule has 0 aromatic heterocycles. The summed E-state index contributed by atoms with van der Waals surface area (Å²) in [4.78, 5) is 2.35. The van der Waals surface area contributed by atoms with Crippen molar-refractivity contribution >= 4 is 0 Å². The van der Waals surface area contributed by atoms with Crippen LogP contribution in [0.4, 0.5) is 0 Å². The standard InChI is InChI=1S/C11H28N4/c12-6-4-2-1-3-5-9-15(10-7-13)11-8-14/h1-14H2. The average molecular weight is 216 g/mol. The van der Waals surface area contributed by atoms with Crippen molar-refractivity contribution in [1.29, 1.82) is 0 Å². The first-order chi connectivity index (χ1) is 7.35. The van der Waals surface area contributed by atoms with E-state index in [1.807, 2.05) is 0 Å². The van der Waals surface area contributed by atoms with Crippen molar-refractivity contribution in [3.8, 4) is 0 Å². The van der Waals surface area contributed by atoms with Gasteiger partial charge in [0.15, 0.2) is 0 Å². The molecule has 0 aliphatic rings. The van der Waals surface area contributed by atoms with Gasteiger partial charge in [0.25, 0.3) is 0 Å². The topological polar surface area (TPSA) is 81.3 Å². The SMILES string of the molecule is NCCCCCCCN(CCN)CCN. The lowest BCUT2D eigenvalue weighted by atomic mass is 10.1. The second kappa shape index (κ2) is 11.9. The first-order valence-corrected chi connectivity index (χ1v) is 6.17. The van der Waals surface area contributed by atoms with E-state index in [1.54, 1.807) is 0 Å². The van der Waals surface area contributed by atoms with Crippen molar-refractivity contribution < 1.29 is 0 Å². The van der Waals surface area contributed by atoms with Gasteiger partial charge in [-0.15, -0.1) is 0 Å². The van der Waals surface area contributed by atoms with Gasteiger partial charge in [-0.2, -0.15) is 0 Å². The summed E-state index contributed by atoms with van der Waals surface area (Å²) in [6.07, 6.45) is 6.28. The van der Waals surface area contributed by atoms with E-state index >= 15 is 0 Å². The van der Waals surface area contributed by atoms with Gasteiger partial charge in [-0.1, -0.05) is 19.3 Å². The average Bonchev–Trinajstić information content (AvgIpc) is 2.24. The molecule has 92 valence electrons. The normalized spacial score (nSPS) is 11.2. The lowest BCUT2D eigenvalue weighted by Gasteiger charge is -2.20. The van der Waals surface area contributed by atoms with E-state index in [4.69, 9.17) is 17.2 Å². The maximum absolute atomic E-state index is 5.53. The quantitative estimate of drug-likeness (QED) is 0.428. The highest BCUT2D eigenvalue weighted by atomic mass is 15.1. The van der Waals surface area contributed by atoms with Crippen LogP contribution in [0.15, 0.2) is 0 Å². The molecule has 4 heteroatoms. The third kappa shape index (κ3) is 10.1. The Morgan fingerprint density at radius 2 is 1.07 bits per heavy atom. The molecule has 4 nitrogen and oxygen atoms in total. The number of hydrogen-bond donors (Lipinski definition) is 3. The molecule has 0 saturated carbocycles. The number of rotatable bonds is 11. The fraction of sp³-hybridized carbons (Fsp3) is 1.00. The number of nitrogens with two attached hydrogens (primary N) is 3. The Bertz CT molecular complexity index is 113. The second-order valence-electron chi connectivity index (χ2n) is 3.98. The Morgan fingerprint density at radius 1 is 0.533 bits per heavy atom. The number of hydrogen-bond acceptors (Lipinski definition) is 4. The van der Waals surface area contributed by atoms with Crippen molar-refractivity contribution in [2.45, 2.75) is 32.1 Å². The van der Waals surface area contributed by atoms with Crippen molar-refractivity contribution in [3.63, 3.8) is 0 Å². The first-order valence-electron chi connectivity index (χ1n) is 6.17. The molecule has 0 saturated heterocycles. The van der Waals surface area contributed by atoms with Crippen LogP contribution >= 0.6 is 0 Å². The Hall–Kier alpha value is -0.160. The van der Waals surface area contributed by atoms with Crippen molar-refractivity contribution in [2.24, 2.45) is 17.2 Å². The summed E-state index contributed by atoms with van der Waals surface area (Å²) in [6, 6.07) is 0. The molecule has 0 aromatic carbocycles. The van der Waals surface area contributed by atoms with E-state index in [9.17, 15) is 0 Å². The molecule has 0 aromatic rings. The Labute approximate surface area is 94.2 Å². The van der Waals surface area contributed by atoms with Gasteiger partial charge in [-0.05, 0) is 25.9 Å². The molecule has 15 heavy (non-hydrogen) atoms. The van der Waals surface area contributed by atoms with Crippen LogP contribution in [0.25, 0.3) is 0 Å². The Balaban J connectivity index is 3.28. The van der Waals surface area contributed by atoms with Crippen LogP contribution < -0.4 is 17.2 Å². The summed E-state index contributed by atoms with van der Waals surface area (Å²) in [5, 5.41) is 0. The van der Waals surface area contributed by atoms with E-state index in [2.05, 4.69) is 4.90 Å². The van der Waals surface area contributed by atoms with Crippen LogP contribution in [0, 0.1) is 0 Å². The molecule has 0 spiro atoms. The zero-order chi connectivity index (χ0) is 11.4.